The molecule has 128 valence electrons. The molecule has 1 aliphatic rings. The van der Waals surface area contributed by atoms with E-state index in [0.29, 0.717) is 0 Å². The number of benzene rings is 1. The molecule has 1 amide bonds. The molecule has 1 heterocycles. The van der Waals surface area contributed by atoms with E-state index in [4.69, 9.17) is 4.74 Å². The second-order valence-corrected chi connectivity index (χ2v) is 6.06. The second-order valence-electron chi connectivity index (χ2n) is 5.21. The fourth-order valence-corrected chi connectivity index (χ4v) is 2.56. The highest BCUT2D eigenvalue weighted by Gasteiger charge is 2.37. The average molecular weight is 402 g/mol. The van der Waals surface area contributed by atoms with E-state index in [0.717, 1.165) is 23.1 Å². The fourth-order valence-electron chi connectivity index (χ4n) is 2.20. The van der Waals surface area contributed by atoms with Crippen LogP contribution in [0.1, 0.15) is 18.4 Å². The molecule has 0 atom stereocenters. The minimum absolute atomic E-state index is 0.169. The van der Waals surface area contributed by atoms with Crippen molar-refractivity contribution in [2.24, 2.45) is 0 Å². The number of halogens is 6. The average Bonchev–Trinajstić information content (AvgIpc) is 2.43. The van der Waals surface area contributed by atoms with Crippen molar-refractivity contribution in [3.05, 3.63) is 28.2 Å². The van der Waals surface area contributed by atoms with Crippen LogP contribution in [0.3, 0.4) is 0 Å². The Bertz CT molecular complexity index is 591. The molecule has 1 aliphatic heterocycles. The van der Waals surface area contributed by atoms with Crippen LogP contribution in [-0.2, 0) is 11.0 Å². The Kier molecular flexibility index (Phi) is 5.17. The van der Waals surface area contributed by atoms with Crippen LogP contribution in [0.25, 0.3) is 0 Å². The number of carbonyl (C=O) groups is 1. The number of hydrogen-bond acceptors (Lipinski definition) is 2. The van der Waals surface area contributed by atoms with E-state index in [-0.39, 0.29) is 29.6 Å². The van der Waals surface area contributed by atoms with Crippen LogP contribution >= 0.6 is 15.9 Å². The first-order valence-electron chi connectivity index (χ1n) is 6.74. The molecule has 1 fully saturated rings. The third kappa shape index (κ3) is 4.79. The maximum absolute atomic E-state index is 13.3. The number of ether oxygens (including phenoxy) is 1. The van der Waals surface area contributed by atoms with Crippen LogP contribution in [0.4, 0.5) is 22.0 Å². The van der Waals surface area contributed by atoms with Gasteiger partial charge in [0, 0.05) is 13.0 Å². The molecule has 1 aromatic carbocycles. The van der Waals surface area contributed by atoms with Gasteiger partial charge in [0.05, 0.1) is 16.6 Å². The van der Waals surface area contributed by atoms with Gasteiger partial charge >= 0.3 is 6.18 Å². The van der Waals surface area contributed by atoms with E-state index < -0.39 is 36.7 Å². The lowest BCUT2D eigenvalue weighted by atomic mass is 10.1. The number of alkyl halides is 5. The lowest BCUT2D eigenvalue weighted by Gasteiger charge is -2.32. The number of piperidine rings is 1. The lowest BCUT2D eigenvalue weighted by molar-refractivity contribution is -0.143. The molecule has 3 nitrogen and oxygen atoms in total. The summed E-state index contributed by atoms with van der Waals surface area (Å²) in [6, 6.07) is 2.77. The molecule has 23 heavy (non-hydrogen) atoms. The van der Waals surface area contributed by atoms with Gasteiger partial charge in [-0.05, 0) is 40.5 Å². The number of hydrogen-bond donors (Lipinski definition) is 0. The first kappa shape index (κ1) is 18.0. The molecule has 0 spiro atoms. The Labute approximate surface area is 137 Å². The van der Waals surface area contributed by atoms with Crippen molar-refractivity contribution in [3.63, 3.8) is 0 Å². The van der Waals surface area contributed by atoms with Crippen LogP contribution in [0.2, 0.25) is 0 Å². The molecule has 1 saturated heterocycles. The molecule has 0 aliphatic carbocycles. The highest BCUT2D eigenvalue weighted by molar-refractivity contribution is 9.10. The van der Waals surface area contributed by atoms with E-state index in [9.17, 15) is 26.7 Å². The summed E-state index contributed by atoms with van der Waals surface area (Å²) in [6.07, 6.45) is -4.65. The first-order chi connectivity index (χ1) is 10.6. The van der Waals surface area contributed by atoms with Gasteiger partial charge in [0.15, 0.2) is 6.61 Å². The summed E-state index contributed by atoms with van der Waals surface area (Å²) in [4.78, 5) is 12.8. The molecule has 1 aromatic rings. The van der Waals surface area contributed by atoms with Gasteiger partial charge in [0.25, 0.3) is 11.8 Å². The summed E-state index contributed by atoms with van der Waals surface area (Å²) in [5.41, 5.74) is -0.923. The zero-order chi connectivity index (χ0) is 17.3. The Morgan fingerprint density at radius 2 is 2.04 bits per heavy atom. The van der Waals surface area contributed by atoms with Gasteiger partial charge in [0.1, 0.15) is 5.75 Å². The quantitative estimate of drug-likeness (QED) is 0.713. The largest absolute Gasteiger partial charge is 0.483 e. The Hall–Kier alpha value is -1.38. The number of likely N-dealkylation sites (tertiary alicyclic amines) is 1. The molecule has 0 radical (unpaired) electrons. The molecule has 0 unspecified atom stereocenters. The first-order valence-corrected chi connectivity index (χ1v) is 7.53. The maximum atomic E-state index is 13.3. The van der Waals surface area contributed by atoms with Crippen molar-refractivity contribution in [3.8, 4) is 5.75 Å². The van der Waals surface area contributed by atoms with Crippen molar-refractivity contribution in [2.45, 2.75) is 24.9 Å². The van der Waals surface area contributed by atoms with E-state index in [1.165, 1.54) is 0 Å². The summed E-state index contributed by atoms with van der Waals surface area (Å²) >= 11 is 3.02. The SMILES string of the molecule is O=C(COc1cc(C(F)(F)F)ccc1Br)N1CCCC(F)(F)C1. The zero-order valence-electron chi connectivity index (χ0n) is 11.8. The summed E-state index contributed by atoms with van der Waals surface area (Å²) in [5.74, 6) is -3.80. The second kappa shape index (κ2) is 6.62. The molecule has 0 aromatic heterocycles. The maximum Gasteiger partial charge on any atom is 0.416 e. The molecule has 0 N–H and O–H groups in total. The number of amides is 1. The highest BCUT2D eigenvalue weighted by atomic mass is 79.9. The van der Waals surface area contributed by atoms with E-state index in [2.05, 4.69) is 15.9 Å². The van der Waals surface area contributed by atoms with Gasteiger partial charge in [0.2, 0.25) is 0 Å². The summed E-state index contributed by atoms with van der Waals surface area (Å²) in [5, 5.41) is 0. The van der Waals surface area contributed by atoms with Crippen molar-refractivity contribution >= 4 is 21.8 Å². The Morgan fingerprint density at radius 3 is 2.65 bits per heavy atom. The summed E-state index contributed by atoms with van der Waals surface area (Å²) < 4.78 is 69.8. The minimum atomic E-state index is -4.54. The molecular weight excluding hydrogens is 389 g/mol. The topological polar surface area (TPSA) is 29.5 Å². The molecule has 0 saturated carbocycles. The van der Waals surface area contributed by atoms with Crippen molar-refractivity contribution < 1.29 is 31.5 Å². The normalized spacial score (nSPS) is 17.9. The van der Waals surface area contributed by atoms with E-state index >= 15 is 0 Å². The van der Waals surface area contributed by atoms with Gasteiger partial charge < -0.3 is 9.64 Å². The van der Waals surface area contributed by atoms with Crippen LogP contribution in [0.5, 0.6) is 5.75 Å². The monoisotopic (exact) mass is 401 g/mol. The fraction of sp³-hybridized carbons (Fsp3) is 0.500. The number of nitrogens with zero attached hydrogens (tertiary/aromatic N) is 1. The van der Waals surface area contributed by atoms with Gasteiger partial charge in [-0.3, -0.25) is 4.79 Å². The van der Waals surface area contributed by atoms with Crippen LogP contribution in [0, 0.1) is 0 Å². The number of rotatable bonds is 3. The summed E-state index contributed by atoms with van der Waals surface area (Å²) in [7, 11) is 0. The van der Waals surface area contributed by atoms with Crippen LogP contribution < -0.4 is 4.74 Å². The third-order valence-electron chi connectivity index (χ3n) is 3.36. The predicted octanol–water partition coefficient (Wildman–Crippen LogP) is 4.10. The smallest absolute Gasteiger partial charge is 0.416 e. The lowest BCUT2D eigenvalue weighted by Crippen LogP contribution is -2.47. The van der Waals surface area contributed by atoms with Gasteiger partial charge in [-0.25, -0.2) is 8.78 Å². The third-order valence-corrected chi connectivity index (χ3v) is 4.01. The standard InChI is InChI=1S/C14H13BrF5NO2/c15-10-3-2-9(14(18,19)20)6-11(10)23-7-12(22)21-5-1-4-13(16,17)8-21/h2-3,6H,1,4-5,7-8H2. The van der Waals surface area contributed by atoms with Gasteiger partial charge in [-0.2, -0.15) is 13.2 Å². The molecule has 9 heteroatoms. The highest BCUT2D eigenvalue weighted by Crippen LogP contribution is 2.35. The van der Waals surface area contributed by atoms with E-state index in [1.54, 1.807) is 0 Å². The zero-order valence-corrected chi connectivity index (χ0v) is 13.4. The Balaban J connectivity index is 2.01. The molecule has 2 rings (SSSR count). The van der Waals surface area contributed by atoms with Crippen LogP contribution in [-0.4, -0.2) is 36.4 Å². The van der Waals surface area contributed by atoms with Gasteiger partial charge in [-0.15, -0.1) is 0 Å². The van der Waals surface area contributed by atoms with Gasteiger partial charge in [-0.1, -0.05) is 0 Å². The van der Waals surface area contributed by atoms with Crippen molar-refractivity contribution in [2.75, 3.05) is 19.7 Å². The van der Waals surface area contributed by atoms with Crippen LogP contribution in [0.15, 0.2) is 22.7 Å². The predicted molar refractivity (Wildman–Crippen MR) is 75.4 cm³/mol. The molecule has 0 bridgehead atoms. The minimum Gasteiger partial charge on any atom is -0.483 e. The van der Waals surface area contributed by atoms with Crippen molar-refractivity contribution in [1.29, 1.82) is 0 Å². The molecular formula is C14H13BrF5NO2. The Morgan fingerprint density at radius 1 is 1.35 bits per heavy atom. The van der Waals surface area contributed by atoms with E-state index in [1.807, 2.05) is 0 Å². The van der Waals surface area contributed by atoms with Crippen molar-refractivity contribution in [1.82, 2.24) is 4.90 Å². The summed E-state index contributed by atoms with van der Waals surface area (Å²) in [6.45, 7) is -1.11. The number of carbonyl (C=O) groups excluding carboxylic acids is 1.